The van der Waals surface area contributed by atoms with Crippen LogP contribution in [-0.2, 0) is 9.53 Å². The van der Waals surface area contributed by atoms with Gasteiger partial charge in [-0.2, -0.15) is 0 Å². The van der Waals surface area contributed by atoms with Crippen LogP contribution in [0.25, 0.3) is 0 Å². The van der Waals surface area contributed by atoms with Crippen molar-refractivity contribution in [2.24, 2.45) is 11.7 Å². The van der Waals surface area contributed by atoms with Gasteiger partial charge >= 0.3 is 5.97 Å². The van der Waals surface area contributed by atoms with Gasteiger partial charge in [-0.05, 0) is 25.7 Å². The van der Waals surface area contributed by atoms with Gasteiger partial charge in [-0.25, -0.2) is 0 Å². The van der Waals surface area contributed by atoms with Gasteiger partial charge < -0.3 is 10.5 Å². The molecule has 72 valence electrons. The molecular formula is C8H16ClNO2. The van der Waals surface area contributed by atoms with Gasteiger partial charge in [0, 0.05) is 6.04 Å². The van der Waals surface area contributed by atoms with Crippen LogP contribution in [0.2, 0.25) is 0 Å². The van der Waals surface area contributed by atoms with Crippen molar-refractivity contribution in [1.29, 1.82) is 0 Å². The SMILES string of the molecule is CCOC(=O)CC(N)C1CC1.Cl. The molecule has 0 amide bonds. The monoisotopic (exact) mass is 193 g/mol. The van der Waals surface area contributed by atoms with E-state index < -0.39 is 0 Å². The van der Waals surface area contributed by atoms with E-state index in [0.29, 0.717) is 18.9 Å². The molecule has 1 atom stereocenters. The Morgan fingerprint density at radius 1 is 1.67 bits per heavy atom. The maximum atomic E-state index is 10.9. The Morgan fingerprint density at radius 2 is 2.25 bits per heavy atom. The van der Waals surface area contributed by atoms with Crippen LogP contribution >= 0.6 is 12.4 Å². The van der Waals surface area contributed by atoms with Gasteiger partial charge in [-0.3, -0.25) is 4.79 Å². The lowest BCUT2D eigenvalue weighted by molar-refractivity contribution is -0.143. The second-order valence-electron chi connectivity index (χ2n) is 3.01. The predicted octanol–water partition coefficient (Wildman–Crippen LogP) is 1.10. The van der Waals surface area contributed by atoms with Crippen molar-refractivity contribution in [3.8, 4) is 0 Å². The highest BCUT2D eigenvalue weighted by molar-refractivity contribution is 5.85. The Balaban J connectivity index is 0.00000121. The second kappa shape index (κ2) is 5.38. The van der Waals surface area contributed by atoms with E-state index in [1.165, 1.54) is 12.8 Å². The summed E-state index contributed by atoms with van der Waals surface area (Å²) in [6, 6.07) is 0.0362. The topological polar surface area (TPSA) is 52.3 Å². The standard InChI is InChI=1S/C8H15NO2.ClH/c1-2-11-8(10)5-7(9)6-3-4-6;/h6-7H,2-5,9H2,1H3;1H. The number of halogens is 1. The molecule has 1 unspecified atom stereocenters. The molecule has 0 bridgehead atoms. The summed E-state index contributed by atoms with van der Waals surface area (Å²) in [4.78, 5) is 10.9. The number of rotatable bonds is 4. The van der Waals surface area contributed by atoms with E-state index in [1.54, 1.807) is 6.92 Å². The minimum Gasteiger partial charge on any atom is -0.466 e. The number of ether oxygens (including phenoxy) is 1. The molecule has 12 heavy (non-hydrogen) atoms. The van der Waals surface area contributed by atoms with Crippen LogP contribution in [0.4, 0.5) is 0 Å². The van der Waals surface area contributed by atoms with Crippen LogP contribution in [0, 0.1) is 5.92 Å². The zero-order chi connectivity index (χ0) is 8.27. The first-order valence-electron chi connectivity index (χ1n) is 4.15. The van der Waals surface area contributed by atoms with Crippen molar-refractivity contribution in [3.63, 3.8) is 0 Å². The van der Waals surface area contributed by atoms with E-state index in [-0.39, 0.29) is 24.4 Å². The maximum absolute atomic E-state index is 10.9. The zero-order valence-electron chi connectivity index (χ0n) is 7.29. The quantitative estimate of drug-likeness (QED) is 0.681. The molecule has 1 aliphatic carbocycles. The molecule has 0 spiro atoms. The van der Waals surface area contributed by atoms with E-state index >= 15 is 0 Å². The predicted molar refractivity (Wildman–Crippen MR) is 49.2 cm³/mol. The number of carbonyl (C=O) groups is 1. The summed E-state index contributed by atoms with van der Waals surface area (Å²) in [5.41, 5.74) is 5.71. The van der Waals surface area contributed by atoms with Crippen molar-refractivity contribution in [1.82, 2.24) is 0 Å². The highest BCUT2D eigenvalue weighted by Crippen LogP contribution is 2.32. The molecule has 0 aromatic heterocycles. The van der Waals surface area contributed by atoms with Crippen molar-refractivity contribution >= 4 is 18.4 Å². The summed E-state index contributed by atoms with van der Waals surface area (Å²) < 4.78 is 4.77. The molecule has 2 N–H and O–H groups in total. The third-order valence-electron chi connectivity index (χ3n) is 1.94. The molecule has 1 aliphatic rings. The lowest BCUT2D eigenvalue weighted by atomic mass is 10.1. The minimum atomic E-state index is -0.160. The Bertz CT molecular complexity index is 148. The first kappa shape index (κ1) is 11.7. The summed E-state index contributed by atoms with van der Waals surface area (Å²) in [6.45, 7) is 2.26. The van der Waals surface area contributed by atoms with Crippen LogP contribution in [0.1, 0.15) is 26.2 Å². The van der Waals surface area contributed by atoms with Crippen molar-refractivity contribution in [2.45, 2.75) is 32.2 Å². The lowest BCUT2D eigenvalue weighted by Crippen LogP contribution is -2.26. The van der Waals surface area contributed by atoms with E-state index in [9.17, 15) is 4.79 Å². The first-order chi connectivity index (χ1) is 5.24. The van der Waals surface area contributed by atoms with E-state index in [1.807, 2.05) is 0 Å². The molecule has 0 heterocycles. The van der Waals surface area contributed by atoms with Gasteiger partial charge in [-0.1, -0.05) is 0 Å². The Morgan fingerprint density at radius 3 is 2.67 bits per heavy atom. The van der Waals surface area contributed by atoms with Crippen molar-refractivity contribution < 1.29 is 9.53 Å². The molecule has 0 aromatic rings. The van der Waals surface area contributed by atoms with Crippen LogP contribution in [-0.4, -0.2) is 18.6 Å². The summed E-state index contributed by atoms with van der Waals surface area (Å²) in [7, 11) is 0. The zero-order valence-corrected chi connectivity index (χ0v) is 8.10. The average Bonchev–Trinajstić information content (AvgIpc) is 2.67. The normalized spacial score (nSPS) is 17.8. The molecule has 0 radical (unpaired) electrons. The summed E-state index contributed by atoms with van der Waals surface area (Å²) in [6.07, 6.45) is 2.75. The largest absolute Gasteiger partial charge is 0.466 e. The molecule has 4 heteroatoms. The number of nitrogens with two attached hydrogens (primary N) is 1. The van der Waals surface area contributed by atoms with Gasteiger partial charge in [0.2, 0.25) is 0 Å². The lowest BCUT2D eigenvalue weighted by Gasteiger charge is -2.08. The Labute approximate surface area is 79.1 Å². The van der Waals surface area contributed by atoms with Gasteiger partial charge in [0.15, 0.2) is 0 Å². The third-order valence-corrected chi connectivity index (χ3v) is 1.94. The molecule has 1 rings (SSSR count). The van der Waals surface area contributed by atoms with Gasteiger partial charge in [-0.15, -0.1) is 12.4 Å². The van der Waals surface area contributed by atoms with Crippen LogP contribution in [0.5, 0.6) is 0 Å². The summed E-state index contributed by atoms with van der Waals surface area (Å²) in [5, 5.41) is 0. The number of carbonyl (C=O) groups excluding carboxylic acids is 1. The fourth-order valence-electron chi connectivity index (χ4n) is 1.10. The maximum Gasteiger partial charge on any atom is 0.307 e. The number of hydrogen-bond acceptors (Lipinski definition) is 3. The number of esters is 1. The fourth-order valence-corrected chi connectivity index (χ4v) is 1.10. The highest BCUT2D eigenvalue weighted by atomic mass is 35.5. The highest BCUT2D eigenvalue weighted by Gasteiger charge is 2.29. The fraction of sp³-hybridized carbons (Fsp3) is 0.875. The second-order valence-corrected chi connectivity index (χ2v) is 3.01. The molecule has 3 nitrogen and oxygen atoms in total. The van der Waals surface area contributed by atoms with E-state index in [0.717, 1.165) is 0 Å². The van der Waals surface area contributed by atoms with Crippen LogP contribution in [0.3, 0.4) is 0 Å². The van der Waals surface area contributed by atoms with Crippen molar-refractivity contribution in [2.75, 3.05) is 6.61 Å². The van der Waals surface area contributed by atoms with Crippen LogP contribution in [0.15, 0.2) is 0 Å². The molecule has 1 fully saturated rings. The molecule has 0 aromatic carbocycles. The van der Waals surface area contributed by atoms with Gasteiger partial charge in [0.05, 0.1) is 13.0 Å². The van der Waals surface area contributed by atoms with E-state index in [2.05, 4.69) is 0 Å². The molecule has 0 saturated heterocycles. The summed E-state index contributed by atoms with van der Waals surface area (Å²) >= 11 is 0. The number of hydrogen-bond donors (Lipinski definition) is 1. The van der Waals surface area contributed by atoms with E-state index in [4.69, 9.17) is 10.5 Å². The smallest absolute Gasteiger partial charge is 0.307 e. The molecule has 1 saturated carbocycles. The summed E-state index contributed by atoms with van der Waals surface area (Å²) in [5.74, 6) is 0.423. The Hall–Kier alpha value is -0.280. The minimum absolute atomic E-state index is 0. The Kier molecular flexibility index (Phi) is 5.25. The third kappa shape index (κ3) is 3.93. The average molecular weight is 194 g/mol. The molecule has 0 aliphatic heterocycles. The van der Waals surface area contributed by atoms with Crippen LogP contribution < -0.4 is 5.73 Å². The molecular weight excluding hydrogens is 178 g/mol. The van der Waals surface area contributed by atoms with Gasteiger partial charge in [0.1, 0.15) is 0 Å². The van der Waals surface area contributed by atoms with Crippen molar-refractivity contribution in [3.05, 3.63) is 0 Å². The van der Waals surface area contributed by atoms with Gasteiger partial charge in [0.25, 0.3) is 0 Å². The first-order valence-corrected chi connectivity index (χ1v) is 4.15.